The molecule has 0 saturated carbocycles. The number of aromatic nitrogens is 1. The number of carbonyl (C=O) groups excluding carboxylic acids is 4. The summed E-state index contributed by atoms with van der Waals surface area (Å²) in [5.41, 5.74) is 8.14. The van der Waals surface area contributed by atoms with Crippen LogP contribution in [0.5, 0.6) is 0 Å². The van der Waals surface area contributed by atoms with Crippen molar-refractivity contribution >= 4 is 34.7 Å². The van der Waals surface area contributed by atoms with Crippen molar-refractivity contribution in [3.05, 3.63) is 70.9 Å². The smallest absolute Gasteiger partial charge is 0.303 e. The van der Waals surface area contributed by atoms with Crippen molar-refractivity contribution in [1.82, 2.24) is 15.8 Å². The van der Waals surface area contributed by atoms with E-state index in [-0.39, 0.29) is 6.42 Å². The molecular weight excluding hydrogens is 613 g/mol. The fraction of sp³-hybridized carbons (Fsp3) is 0.471. The highest BCUT2D eigenvalue weighted by Crippen LogP contribution is 2.29. The molecule has 3 N–H and O–H groups in total. The fourth-order valence-electron chi connectivity index (χ4n) is 5.63. The molecule has 0 bridgehead atoms. The van der Waals surface area contributed by atoms with Crippen molar-refractivity contribution in [3.63, 3.8) is 0 Å². The van der Waals surface area contributed by atoms with Gasteiger partial charge in [-0.1, -0.05) is 42.5 Å². The Bertz CT molecular complexity index is 1530. The number of ether oxygens (including phenoxy) is 4. The summed E-state index contributed by atoms with van der Waals surface area (Å²) >= 11 is 0. The average molecular weight is 656 g/mol. The zero-order chi connectivity index (χ0) is 33.9. The van der Waals surface area contributed by atoms with E-state index >= 15 is 0 Å². The topological polar surface area (TPSA) is 154 Å². The molecule has 5 atom stereocenters. The van der Waals surface area contributed by atoms with Gasteiger partial charge in [-0.15, -0.1) is 0 Å². The van der Waals surface area contributed by atoms with E-state index < -0.39 is 61.2 Å². The third-order valence-corrected chi connectivity index (χ3v) is 7.74. The van der Waals surface area contributed by atoms with Crippen LogP contribution in [0, 0.1) is 6.92 Å². The molecule has 1 amide bonds. The predicted octanol–water partition coefficient (Wildman–Crippen LogP) is 3.67. The highest BCUT2D eigenvalue weighted by molar-refractivity contribution is 5.84. The third-order valence-electron chi connectivity index (χ3n) is 7.74. The maximum Gasteiger partial charge on any atom is 0.303 e. The van der Waals surface area contributed by atoms with Gasteiger partial charge >= 0.3 is 17.9 Å². The number of aryl methyl sites for hydroxylation is 2. The monoisotopic (exact) mass is 655 g/mol. The highest BCUT2D eigenvalue weighted by atomic mass is 19.1. The highest BCUT2D eigenvalue weighted by Gasteiger charge is 2.53. The van der Waals surface area contributed by atoms with Crippen LogP contribution in [0.15, 0.2) is 48.5 Å². The zero-order valence-corrected chi connectivity index (χ0v) is 27.0. The summed E-state index contributed by atoms with van der Waals surface area (Å²) in [6.45, 7) is 5.82. The van der Waals surface area contributed by atoms with Gasteiger partial charge in [-0.05, 0) is 55.5 Å². The fourth-order valence-corrected chi connectivity index (χ4v) is 5.63. The number of nitrogens with one attached hydrogen (secondary N) is 3. The van der Waals surface area contributed by atoms with Crippen molar-refractivity contribution in [2.24, 2.45) is 0 Å². The Kier molecular flexibility index (Phi) is 12.9. The lowest BCUT2D eigenvalue weighted by atomic mass is 9.98. The number of H-pyrrole nitrogens is 1. The van der Waals surface area contributed by atoms with E-state index in [2.05, 4.69) is 53.0 Å². The van der Waals surface area contributed by atoms with Crippen LogP contribution in [0.3, 0.4) is 0 Å². The molecule has 0 aliphatic carbocycles. The quantitative estimate of drug-likeness (QED) is 0.0957. The van der Waals surface area contributed by atoms with Gasteiger partial charge in [0.2, 0.25) is 12.2 Å². The Morgan fingerprint density at radius 3 is 2.17 bits per heavy atom. The van der Waals surface area contributed by atoms with Crippen LogP contribution in [0.4, 0.5) is 4.39 Å². The molecule has 0 unspecified atom stereocenters. The number of hydroxylamine groups is 1. The number of amides is 1. The second-order valence-corrected chi connectivity index (χ2v) is 11.4. The van der Waals surface area contributed by atoms with Crippen molar-refractivity contribution in [1.29, 1.82) is 0 Å². The molecule has 2 heterocycles. The first kappa shape index (κ1) is 35.5. The van der Waals surface area contributed by atoms with Gasteiger partial charge in [0.25, 0.3) is 0 Å². The third kappa shape index (κ3) is 10.1. The summed E-state index contributed by atoms with van der Waals surface area (Å²) in [6.07, 6.45) is -5.13. The first-order chi connectivity index (χ1) is 22.5. The molecular formula is C34H42FN3O9. The minimum atomic E-state index is -1.55. The summed E-state index contributed by atoms with van der Waals surface area (Å²) in [4.78, 5) is 56.6. The molecule has 1 fully saturated rings. The van der Waals surface area contributed by atoms with Crippen LogP contribution in [-0.4, -0.2) is 72.7 Å². The Hall–Kier alpha value is -4.33. The number of halogens is 1. The van der Waals surface area contributed by atoms with Crippen molar-refractivity contribution in [2.75, 3.05) is 13.2 Å². The molecule has 2 aromatic carbocycles. The van der Waals surface area contributed by atoms with Crippen LogP contribution in [0.1, 0.15) is 56.0 Å². The summed E-state index contributed by atoms with van der Waals surface area (Å²) in [5.74, 6) is -2.88. The zero-order valence-electron chi connectivity index (χ0n) is 27.0. The van der Waals surface area contributed by atoms with Crippen LogP contribution in [-0.2, 0) is 62.3 Å². The van der Waals surface area contributed by atoms with Gasteiger partial charge < -0.3 is 29.2 Å². The van der Waals surface area contributed by atoms with Crippen LogP contribution in [0.25, 0.3) is 10.9 Å². The molecule has 1 aromatic heterocycles. The first-order valence-corrected chi connectivity index (χ1v) is 15.6. The first-order valence-electron chi connectivity index (χ1n) is 15.6. The normalized spacial score (nSPS) is 20.8. The second-order valence-electron chi connectivity index (χ2n) is 11.4. The van der Waals surface area contributed by atoms with E-state index in [1.54, 1.807) is 0 Å². The molecule has 1 saturated heterocycles. The number of para-hydroxylation sites is 1. The molecule has 3 aromatic rings. The molecule has 0 spiro atoms. The van der Waals surface area contributed by atoms with Gasteiger partial charge in [0.1, 0.15) is 12.8 Å². The lowest BCUT2D eigenvalue weighted by Gasteiger charge is -2.43. The van der Waals surface area contributed by atoms with Crippen LogP contribution in [0.2, 0.25) is 0 Å². The minimum absolute atomic E-state index is 0.0947. The largest absolute Gasteiger partial charge is 0.456 e. The summed E-state index contributed by atoms with van der Waals surface area (Å²) in [6, 6.07) is 16.5. The van der Waals surface area contributed by atoms with E-state index in [1.165, 1.54) is 16.6 Å². The molecule has 47 heavy (non-hydrogen) atoms. The molecule has 1 aliphatic heterocycles. The molecule has 1 aliphatic rings. The Labute approximate surface area is 272 Å². The number of esters is 3. The number of alkyl halides is 1. The number of aromatic amines is 1. The van der Waals surface area contributed by atoms with Gasteiger partial charge in [-0.3, -0.25) is 19.2 Å². The van der Waals surface area contributed by atoms with E-state index in [0.717, 1.165) is 56.9 Å². The lowest BCUT2D eigenvalue weighted by Crippen LogP contribution is -2.63. The predicted molar refractivity (Wildman–Crippen MR) is 168 cm³/mol. The lowest BCUT2D eigenvalue weighted by molar-refractivity contribution is -0.316. The standard InChI is InChI=1S/C34H42FN3O9/c1-20-26(27-9-5-6-10-28(27)37-20)16-17-36-19-25-14-12-24(13-15-25)8-7-11-30(42)38-47-34-33(45-23(4)41)32(44-22(3)40)31(43-21(2)39)29(18-35)46-34/h5-6,9-10,12-15,29,31-34,36-37H,7-8,11,16-19H2,1-4H3,(H,38,42)/t29-,31+,32+,33-,34+/m1/s1. The maximum absolute atomic E-state index is 13.9. The maximum atomic E-state index is 13.9. The Morgan fingerprint density at radius 1 is 0.851 bits per heavy atom. The molecule has 12 nitrogen and oxygen atoms in total. The van der Waals surface area contributed by atoms with Crippen molar-refractivity contribution < 1.29 is 47.4 Å². The van der Waals surface area contributed by atoms with E-state index in [0.29, 0.717) is 12.8 Å². The molecule has 254 valence electrons. The number of fused-ring (bicyclic) bond motifs is 1. The molecule has 13 heteroatoms. The van der Waals surface area contributed by atoms with Crippen molar-refractivity contribution in [3.8, 4) is 0 Å². The number of carbonyl (C=O) groups is 4. The van der Waals surface area contributed by atoms with Gasteiger partial charge in [-0.2, -0.15) is 0 Å². The Morgan fingerprint density at radius 2 is 1.49 bits per heavy atom. The van der Waals surface area contributed by atoms with Gasteiger partial charge in [0.05, 0.1) is 0 Å². The van der Waals surface area contributed by atoms with E-state index in [1.807, 2.05) is 18.2 Å². The Balaban J connectivity index is 1.22. The van der Waals surface area contributed by atoms with Gasteiger partial charge in [0.15, 0.2) is 18.3 Å². The number of hydrogen-bond donors (Lipinski definition) is 3. The average Bonchev–Trinajstić information content (AvgIpc) is 3.35. The van der Waals surface area contributed by atoms with E-state index in [9.17, 15) is 23.6 Å². The summed E-state index contributed by atoms with van der Waals surface area (Å²) in [5, 5.41) is 4.77. The number of benzene rings is 2. The molecule has 0 radical (unpaired) electrons. The number of rotatable bonds is 15. The van der Waals surface area contributed by atoms with E-state index in [4.69, 9.17) is 23.8 Å². The second kappa shape index (κ2) is 17.0. The molecule has 4 rings (SSSR count). The summed E-state index contributed by atoms with van der Waals surface area (Å²) < 4.78 is 35.0. The van der Waals surface area contributed by atoms with Crippen LogP contribution >= 0.6 is 0 Å². The number of hydrogen-bond acceptors (Lipinski definition) is 10. The van der Waals surface area contributed by atoms with Crippen LogP contribution < -0.4 is 10.8 Å². The SMILES string of the molecule is CC(=O)O[C@H]1[C@@H](OC(C)=O)[C@@H](CF)O[C@@H](ONC(=O)CCCc2ccc(CNCCc3c(C)[nH]c4ccccc34)cc2)[C@@H]1OC(C)=O. The van der Waals surface area contributed by atoms with Gasteiger partial charge in [-0.25, -0.2) is 14.7 Å². The minimum Gasteiger partial charge on any atom is -0.456 e. The summed E-state index contributed by atoms with van der Waals surface area (Å²) in [7, 11) is 0. The van der Waals surface area contributed by atoms with Gasteiger partial charge in [0, 0.05) is 50.3 Å². The van der Waals surface area contributed by atoms with Crippen molar-refractivity contribution in [2.45, 2.75) is 90.6 Å².